The lowest BCUT2D eigenvalue weighted by molar-refractivity contribution is 0.872. The number of allylic oxidation sites excluding steroid dienone is 3. The van der Waals surface area contributed by atoms with Crippen LogP contribution in [0.4, 0.5) is 0 Å². The molecule has 2 nitrogen and oxygen atoms in total. The summed E-state index contributed by atoms with van der Waals surface area (Å²) in [6, 6.07) is 0. The molecule has 2 heteroatoms. The highest BCUT2D eigenvalue weighted by Gasteiger charge is 1.91. The van der Waals surface area contributed by atoms with Gasteiger partial charge >= 0.3 is 0 Å². The molecular weight excluding hydrogens is 112 g/mol. The van der Waals surface area contributed by atoms with Crippen molar-refractivity contribution >= 4 is 0 Å². The summed E-state index contributed by atoms with van der Waals surface area (Å²) in [7, 11) is 0. The first-order valence-corrected chi connectivity index (χ1v) is 3.17. The van der Waals surface area contributed by atoms with Gasteiger partial charge in [-0.2, -0.15) is 5.11 Å². The second kappa shape index (κ2) is 3.17. The predicted molar refractivity (Wildman–Crippen MR) is 36.2 cm³/mol. The second-order valence-electron chi connectivity index (χ2n) is 2.07. The number of hydrogen-bond acceptors (Lipinski definition) is 2. The number of nitrogens with zero attached hydrogens (tertiary/aromatic N) is 1. The van der Waals surface area contributed by atoms with Crippen LogP contribution in [0.15, 0.2) is 29.0 Å². The van der Waals surface area contributed by atoms with Gasteiger partial charge in [-0.15, -0.1) is 0 Å². The van der Waals surface area contributed by atoms with Crippen molar-refractivity contribution in [3.8, 4) is 0 Å². The minimum Gasteiger partial charge on any atom is -0.204 e. The van der Waals surface area contributed by atoms with Crippen molar-refractivity contribution in [1.29, 1.82) is 5.53 Å². The third-order valence-corrected chi connectivity index (χ3v) is 1.35. The molecule has 0 aliphatic heterocycles. The maximum atomic E-state index is 6.70. The Morgan fingerprint density at radius 3 is 3.11 bits per heavy atom. The zero-order valence-corrected chi connectivity index (χ0v) is 5.30. The first kappa shape index (κ1) is 6.20. The van der Waals surface area contributed by atoms with Gasteiger partial charge in [0.2, 0.25) is 0 Å². The van der Waals surface area contributed by atoms with Crippen LogP contribution in [0, 0.1) is 5.53 Å². The molecule has 0 unspecified atom stereocenters. The van der Waals surface area contributed by atoms with Crippen LogP contribution in [0.25, 0.3) is 0 Å². The second-order valence-corrected chi connectivity index (χ2v) is 2.07. The fraction of sp³-hybridized carbons (Fsp3) is 0.429. The molecule has 1 aliphatic carbocycles. The van der Waals surface area contributed by atoms with Crippen LogP contribution >= 0.6 is 0 Å². The normalized spacial score (nSPS) is 18.4. The van der Waals surface area contributed by atoms with Gasteiger partial charge in [-0.3, -0.25) is 0 Å². The van der Waals surface area contributed by atoms with E-state index < -0.39 is 0 Å². The smallest absolute Gasteiger partial charge is 0.0807 e. The topological polar surface area (TPSA) is 36.2 Å². The van der Waals surface area contributed by atoms with Crippen LogP contribution < -0.4 is 0 Å². The molecule has 0 heterocycles. The van der Waals surface area contributed by atoms with Gasteiger partial charge in [0, 0.05) is 0 Å². The summed E-state index contributed by atoms with van der Waals surface area (Å²) in [6.07, 6.45) is 9.34. The lowest BCUT2D eigenvalue weighted by atomic mass is 10.2. The molecule has 1 rings (SSSR count). The molecule has 1 N–H and O–H groups in total. The molecule has 0 fully saturated rings. The molecule has 0 saturated carbocycles. The monoisotopic (exact) mass is 122 g/mol. The minimum atomic E-state index is 0.799. The molecule has 0 amide bonds. The Balaban J connectivity index is 2.63. The van der Waals surface area contributed by atoms with E-state index in [1.54, 1.807) is 0 Å². The molecule has 0 bridgehead atoms. The van der Waals surface area contributed by atoms with E-state index in [0.29, 0.717) is 0 Å². The third-order valence-electron chi connectivity index (χ3n) is 1.35. The molecule has 0 radical (unpaired) electrons. The van der Waals surface area contributed by atoms with Gasteiger partial charge in [0.15, 0.2) is 0 Å². The Labute approximate surface area is 54.8 Å². The zero-order valence-electron chi connectivity index (χ0n) is 5.30. The molecule has 1 aliphatic rings. The quantitative estimate of drug-likeness (QED) is 0.519. The van der Waals surface area contributed by atoms with Crippen molar-refractivity contribution in [3.05, 3.63) is 23.9 Å². The number of rotatable bonds is 1. The van der Waals surface area contributed by atoms with E-state index in [2.05, 4.69) is 11.2 Å². The molecule has 0 aromatic carbocycles. The van der Waals surface area contributed by atoms with Crippen molar-refractivity contribution in [2.75, 3.05) is 0 Å². The fourth-order valence-corrected chi connectivity index (χ4v) is 0.841. The minimum absolute atomic E-state index is 0.799. The van der Waals surface area contributed by atoms with Crippen LogP contribution in [0.1, 0.15) is 19.3 Å². The first-order chi connectivity index (χ1) is 4.43. The summed E-state index contributed by atoms with van der Waals surface area (Å²) in [5, 5.41) is 3.33. The fourth-order valence-electron chi connectivity index (χ4n) is 0.841. The number of nitrogens with one attached hydrogen (secondary N) is 1. The van der Waals surface area contributed by atoms with E-state index in [0.717, 1.165) is 18.5 Å². The van der Waals surface area contributed by atoms with Crippen molar-refractivity contribution < 1.29 is 0 Å². The number of hydrogen-bond donors (Lipinski definition) is 1. The van der Waals surface area contributed by atoms with E-state index in [4.69, 9.17) is 5.53 Å². The van der Waals surface area contributed by atoms with E-state index >= 15 is 0 Å². The van der Waals surface area contributed by atoms with Gasteiger partial charge in [0.05, 0.1) is 5.70 Å². The van der Waals surface area contributed by atoms with Gasteiger partial charge in [-0.05, 0) is 25.3 Å². The largest absolute Gasteiger partial charge is 0.204 e. The SMILES string of the molecule is N=NC1=CCCCC=C1. The maximum absolute atomic E-state index is 6.70. The summed E-state index contributed by atoms with van der Waals surface area (Å²) >= 11 is 0. The van der Waals surface area contributed by atoms with Crippen LogP contribution in [0.3, 0.4) is 0 Å². The summed E-state index contributed by atoms with van der Waals surface area (Å²) in [5.74, 6) is 0. The van der Waals surface area contributed by atoms with Gasteiger partial charge in [-0.1, -0.05) is 12.2 Å². The predicted octanol–water partition coefficient (Wildman–Crippen LogP) is 2.64. The molecule has 0 spiro atoms. The average Bonchev–Trinajstić information content (AvgIpc) is 2.13. The van der Waals surface area contributed by atoms with Gasteiger partial charge in [0.1, 0.15) is 0 Å². The van der Waals surface area contributed by atoms with Gasteiger partial charge < -0.3 is 0 Å². The average molecular weight is 122 g/mol. The third kappa shape index (κ3) is 1.80. The van der Waals surface area contributed by atoms with Crippen molar-refractivity contribution in [2.24, 2.45) is 5.11 Å². The molecule has 0 atom stereocenters. The highest BCUT2D eigenvalue weighted by molar-refractivity contribution is 5.17. The summed E-state index contributed by atoms with van der Waals surface area (Å²) < 4.78 is 0. The molecule has 48 valence electrons. The van der Waals surface area contributed by atoms with Gasteiger partial charge in [-0.25, -0.2) is 5.53 Å². The zero-order chi connectivity index (χ0) is 6.53. The van der Waals surface area contributed by atoms with Gasteiger partial charge in [0.25, 0.3) is 0 Å². The molecule has 9 heavy (non-hydrogen) atoms. The van der Waals surface area contributed by atoms with Crippen LogP contribution in [0.2, 0.25) is 0 Å². The molecule has 0 aromatic heterocycles. The van der Waals surface area contributed by atoms with Crippen molar-refractivity contribution in [1.82, 2.24) is 0 Å². The molecule has 0 saturated heterocycles. The first-order valence-electron chi connectivity index (χ1n) is 3.17. The van der Waals surface area contributed by atoms with Crippen molar-refractivity contribution in [3.63, 3.8) is 0 Å². The van der Waals surface area contributed by atoms with Crippen LogP contribution in [-0.4, -0.2) is 0 Å². The van der Waals surface area contributed by atoms with E-state index in [1.165, 1.54) is 6.42 Å². The van der Waals surface area contributed by atoms with E-state index in [-0.39, 0.29) is 0 Å². The summed E-state index contributed by atoms with van der Waals surface area (Å²) in [6.45, 7) is 0. The van der Waals surface area contributed by atoms with Crippen LogP contribution in [0.5, 0.6) is 0 Å². The van der Waals surface area contributed by atoms with Crippen molar-refractivity contribution in [2.45, 2.75) is 19.3 Å². The molecule has 0 aromatic rings. The highest BCUT2D eigenvalue weighted by atomic mass is 15.0. The highest BCUT2D eigenvalue weighted by Crippen LogP contribution is 2.09. The maximum Gasteiger partial charge on any atom is 0.0807 e. The Hall–Kier alpha value is -0.920. The lowest BCUT2D eigenvalue weighted by Crippen LogP contribution is -1.66. The Morgan fingerprint density at radius 1 is 1.44 bits per heavy atom. The lowest BCUT2D eigenvalue weighted by Gasteiger charge is -1.84. The summed E-state index contributed by atoms with van der Waals surface area (Å²) in [4.78, 5) is 0. The Morgan fingerprint density at radius 2 is 2.33 bits per heavy atom. The van der Waals surface area contributed by atoms with Crippen LogP contribution in [-0.2, 0) is 0 Å². The Kier molecular flexibility index (Phi) is 2.19. The molecular formula is C7H10N2. The standard InChI is InChI=1S/C7H10N2/c8-9-7-5-3-1-2-4-6-7/h3,5-6,8H,1-2,4H2. The summed E-state index contributed by atoms with van der Waals surface area (Å²) in [5.41, 5.74) is 7.50. The Bertz CT molecular complexity index is 156. The van der Waals surface area contributed by atoms with E-state index in [1.807, 2.05) is 12.2 Å². The van der Waals surface area contributed by atoms with E-state index in [9.17, 15) is 0 Å².